The van der Waals surface area contributed by atoms with E-state index in [1.54, 1.807) is 23.2 Å². The number of thioether (sulfide) groups is 1. The van der Waals surface area contributed by atoms with Crippen molar-refractivity contribution in [3.8, 4) is 0 Å². The van der Waals surface area contributed by atoms with Gasteiger partial charge in [0, 0.05) is 24.8 Å². The molecular formula is C10H12N2O2S. The fourth-order valence-corrected chi connectivity index (χ4v) is 1.87. The zero-order valence-corrected chi connectivity index (χ0v) is 9.20. The summed E-state index contributed by atoms with van der Waals surface area (Å²) in [4.78, 5) is 17.5. The number of β-amino-alcohol motifs (C(OH)–C–C–N with tert-alkyl or cyclic N) is 1. The van der Waals surface area contributed by atoms with Crippen LogP contribution in [0.5, 0.6) is 0 Å². The van der Waals surface area contributed by atoms with Gasteiger partial charge < -0.3 is 10.0 Å². The van der Waals surface area contributed by atoms with Crippen molar-refractivity contribution in [1.29, 1.82) is 0 Å². The molecule has 1 saturated heterocycles. The van der Waals surface area contributed by atoms with Gasteiger partial charge in [0.1, 0.15) is 0 Å². The molecule has 1 aliphatic rings. The highest BCUT2D eigenvalue weighted by Crippen LogP contribution is 2.16. The van der Waals surface area contributed by atoms with Crippen LogP contribution in [0.15, 0.2) is 23.4 Å². The SMILES string of the molecule is CSc1cc(C(=O)N2CC(O)C2)ccn1. The van der Waals surface area contributed by atoms with E-state index >= 15 is 0 Å². The topological polar surface area (TPSA) is 53.4 Å². The van der Waals surface area contributed by atoms with E-state index in [4.69, 9.17) is 5.11 Å². The van der Waals surface area contributed by atoms with Crippen LogP contribution in [0, 0.1) is 0 Å². The predicted molar refractivity (Wildman–Crippen MR) is 57.9 cm³/mol. The van der Waals surface area contributed by atoms with Crippen molar-refractivity contribution >= 4 is 17.7 Å². The Labute approximate surface area is 92.3 Å². The minimum absolute atomic E-state index is 0.0296. The van der Waals surface area contributed by atoms with Crippen molar-refractivity contribution in [2.75, 3.05) is 19.3 Å². The van der Waals surface area contributed by atoms with Crippen molar-refractivity contribution in [3.05, 3.63) is 23.9 Å². The third-order valence-electron chi connectivity index (χ3n) is 2.34. The largest absolute Gasteiger partial charge is 0.389 e. The number of likely N-dealkylation sites (tertiary alicyclic amines) is 1. The van der Waals surface area contributed by atoms with E-state index in [1.807, 2.05) is 6.26 Å². The zero-order valence-electron chi connectivity index (χ0n) is 8.38. The molecule has 1 amide bonds. The van der Waals surface area contributed by atoms with Crippen LogP contribution in [0.4, 0.5) is 0 Å². The van der Waals surface area contributed by atoms with Crippen molar-refractivity contribution in [2.24, 2.45) is 0 Å². The number of carbonyl (C=O) groups is 1. The standard InChI is InChI=1S/C10H12N2O2S/c1-15-9-4-7(2-3-11-9)10(14)12-5-8(13)6-12/h2-4,8,13H,5-6H2,1H3. The summed E-state index contributed by atoms with van der Waals surface area (Å²) in [6.07, 6.45) is 3.20. The Kier molecular flexibility index (Phi) is 2.93. The Balaban J connectivity index is 2.11. The molecule has 2 rings (SSSR count). The second kappa shape index (κ2) is 4.20. The molecule has 5 heteroatoms. The summed E-state index contributed by atoms with van der Waals surface area (Å²) >= 11 is 1.51. The maximum Gasteiger partial charge on any atom is 0.254 e. The van der Waals surface area contributed by atoms with Crippen LogP contribution in [0.1, 0.15) is 10.4 Å². The number of pyridine rings is 1. The molecule has 0 atom stereocenters. The molecule has 80 valence electrons. The van der Waals surface area contributed by atoms with E-state index in [0.29, 0.717) is 18.7 Å². The average molecular weight is 224 g/mol. The average Bonchev–Trinajstić information content (AvgIpc) is 2.24. The maximum atomic E-state index is 11.8. The number of aromatic nitrogens is 1. The van der Waals surface area contributed by atoms with Gasteiger partial charge in [-0.25, -0.2) is 4.98 Å². The van der Waals surface area contributed by atoms with Crippen molar-refractivity contribution in [3.63, 3.8) is 0 Å². The molecule has 0 aliphatic carbocycles. The van der Waals surface area contributed by atoms with E-state index < -0.39 is 0 Å². The van der Waals surface area contributed by atoms with Gasteiger partial charge in [-0.05, 0) is 18.4 Å². The smallest absolute Gasteiger partial charge is 0.254 e. The van der Waals surface area contributed by atoms with Crippen LogP contribution in [0.25, 0.3) is 0 Å². The second-order valence-corrected chi connectivity index (χ2v) is 4.28. The Morgan fingerprint density at radius 3 is 3.00 bits per heavy atom. The first-order valence-electron chi connectivity index (χ1n) is 4.68. The number of aliphatic hydroxyl groups is 1. The number of hydrogen-bond acceptors (Lipinski definition) is 4. The first kappa shape index (κ1) is 10.4. The van der Waals surface area contributed by atoms with Crippen molar-refractivity contribution < 1.29 is 9.90 Å². The fourth-order valence-electron chi connectivity index (χ4n) is 1.46. The predicted octanol–water partition coefficient (Wildman–Crippen LogP) is 0.620. The van der Waals surface area contributed by atoms with E-state index in [9.17, 15) is 4.79 Å². The molecule has 1 aromatic rings. The van der Waals surface area contributed by atoms with Crippen molar-refractivity contribution in [1.82, 2.24) is 9.88 Å². The van der Waals surface area contributed by atoms with Gasteiger partial charge in [0.25, 0.3) is 5.91 Å². The highest BCUT2D eigenvalue weighted by atomic mass is 32.2. The summed E-state index contributed by atoms with van der Waals surface area (Å²) in [5.41, 5.74) is 0.640. The Hall–Kier alpha value is -1.07. The van der Waals surface area contributed by atoms with Crippen LogP contribution in [-0.2, 0) is 0 Å². The van der Waals surface area contributed by atoms with Crippen LogP contribution in [0.2, 0.25) is 0 Å². The molecule has 0 aromatic carbocycles. The molecule has 1 fully saturated rings. The van der Waals surface area contributed by atoms with Gasteiger partial charge in [0.2, 0.25) is 0 Å². The fraction of sp³-hybridized carbons (Fsp3) is 0.400. The molecule has 0 radical (unpaired) electrons. The molecule has 1 N–H and O–H groups in total. The summed E-state index contributed by atoms with van der Waals surface area (Å²) < 4.78 is 0. The molecular weight excluding hydrogens is 212 g/mol. The molecule has 15 heavy (non-hydrogen) atoms. The van der Waals surface area contributed by atoms with E-state index in [1.165, 1.54) is 11.8 Å². The van der Waals surface area contributed by atoms with Gasteiger partial charge >= 0.3 is 0 Å². The molecule has 0 bridgehead atoms. The molecule has 0 saturated carbocycles. The summed E-state index contributed by atoms with van der Waals surface area (Å²) in [5.74, 6) is -0.0296. The number of amides is 1. The summed E-state index contributed by atoms with van der Waals surface area (Å²) in [6, 6.07) is 3.48. The highest BCUT2D eigenvalue weighted by Gasteiger charge is 2.29. The lowest BCUT2D eigenvalue weighted by Crippen LogP contribution is -2.53. The van der Waals surface area contributed by atoms with E-state index in [2.05, 4.69) is 4.98 Å². The van der Waals surface area contributed by atoms with Gasteiger partial charge in [-0.15, -0.1) is 11.8 Å². The van der Waals surface area contributed by atoms with Crippen LogP contribution < -0.4 is 0 Å². The first-order valence-corrected chi connectivity index (χ1v) is 5.90. The lowest BCUT2D eigenvalue weighted by atomic mass is 10.1. The summed E-state index contributed by atoms with van der Waals surface area (Å²) in [6.45, 7) is 0.880. The Morgan fingerprint density at radius 1 is 1.67 bits per heavy atom. The van der Waals surface area contributed by atoms with Gasteiger partial charge in [0.15, 0.2) is 0 Å². The van der Waals surface area contributed by atoms with E-state index in [-0.39, 0.29) is 12.0 Å². The number of hydrogen-bond donors (Lipinski definition) is 1. The quantitative estimate of drug-likeness (QED) is 0.748. The van der Waals surface area contributed by atoms with Gasteiger partial charge in [-0.3, -0.25) is 4.79 Å². The third kappa shape index (κ3) is 2.13. The van der Waals surface area contributed by atoms with Gasteiger partial charge in [0.05, 0.1) is 11.1 Å². The molecule has 1 aliphatic heterocycles. The monoisotopic (exact) mass is 224 g/mol. The number of rotatable bonds is 2. The maximum absolute atomic E-state index is 11.8. The van der Waals surface area contributed by atoms with Crippen LogP contribution in [0.3, 0.4) is 0 Å². The normalized spacial score (nSPS) is 16.3. The minimum atomic E-state index is -0.351. The van der Waals surface area contributed by atoms with E-state index in [0.717, 1.165) is 5.03 Å². The number of carbonyl (C=O) groups excluding carboxylic acids is 1. The molecule has 0 spiro atoms. The second-order valence-electron chi connectivity index (χ2n) is 3.45. The van der Waals surface area contributed by atoms with Gasteiger partial charge in [-0.1, -0.05) is 0 Å². The molecule has 4 nitrogen and oxygen atoms in total. The zero-order chi connectivity index (χ0) is 10.8. The summed E-state index contributed by atoms with van der Waals surface area (Å²) in [7, 11) is 0. The Morgan fingerprint density at radius 2 is 2.40 bits per heavy atom. The van der Waals surface area contributed by atoms with Gasteiger partial charge in [-0.2, -0.15) is 0 Å². The van der Waals surface area contributed by atoms with Crippen molar-refractivity contribution in [2.45, 2.75) is 11.1 Å². The van der Waals surface area contributed by atoms with Crippen LogP contribution in [-0.4, -0.2) is 46.3 Å². The minimum Gasteiger partial charge on any atom is -0.389 e. The lowest BCUT2D eigenvalue weighted by molar-refractivity contribution is 0.00587. The highest BCUT2D eigenvalue weighted by molar-refractivity contribution is 7.98. The molecule has 1 aromatic heterocycles. The molecule has 0 unspecified atom stereocenters. The third-order valence-corrected chi connectivity index (χ3v) is 2.98. The number of aliphatic hydroxyl groups excluding tert-OH is 1. The number of nitrogens with zero attached hydrogens (tertiary/aromatic N) is 2. The molecule has 2 heterocycles. The van der Waals surface area contributed by atoms with Crippen LogP contribution >= 0.6 is 11.8 Å². The summed E-state index contributed by atoms with van der Waals surface area (Å²) in [5, 5.41) is 9.94. The Bertz CT molecular complexity index is 377. The first-order chi connectivity index (χ1) is 7.20. The lowest BCUT2D eigenvalue weighted by Gasteiger charge is -2.35.